The second-order valence-corrected chi connectivity index (χ2v) is 5.84. The number of fused-ring (bicyclic) bond motifs is 1. The van der Waals surface area contributed by atoms with Crippen molar-refractivity contribution < 1.29 is 4.79 Å². The van der Waals surface area contributed by atoms with Gasteiger partial charge in [0.2, 0.25) is 0 Å². The Labute approximate surface area is 126 Å². The second kappa shape index (κ2) is 5.72. The fraction of sp³-hybridized carbons (Fsp3) is 0.316. The van der Waals surface area contributed by atoms with Gasteiger partial charge in [0.25, 0.3) is 0 Å². The summed E-state index contributed by atoms with van der Waals surface area (Å²) >= 11 is 0. The van der Waals surface area contributed by atoms with E-state index in [-0.39, 0.29) is 11.8 Å². The van der Waals surface area contributed by atoms with Gasteiger partial charge in [-0.2, -0.15) is 0 Å². The summed E-state index contributed by atoms with van der Waals surface area (Å²) in [5.41, 5.74) is 4.68. The van der Waals surface area contributed by atoms with Crippen molar-refractivity contribution in [2.24, 2.45) is 0 Å². The molecule has 0 amide bonds. The van der Waals surface area contributed by atoms with E-state index >= 15 is 0 Å². The van der Waals surface area contributed by atoms with E-state index in [4.69, 9.17) is 0 Å². The number of Topliss-reactive ketones (excluding diaryl/α,β-unsaturated/α-hetero) is 1. The van der Waals surface area contributed by atoms with E-state index in [1.165, 1.54) is 16.8 Å². The monoisotopic (exact) mass is 279 g/mol. The summed E-state index contributed by atoms with van der Waals surface area (Å²) in [7, 11) is 0. The molecule has 0 bridgehead atoms. The molecule has 0 saturated heterocycles. The summed E-state index contributed by atoms with van der Waals surface area (Å²) in [6.45, 7) is 5.10. The average molecular weight is 279 g/mol. The molecule has 3 rings (SSSR count). The van der Waals surface area contributed by atoms with Crippen LogP contribution in [0, 0.1) is 6.92 Å². The van der Waals surface area contributed by atoms with Crippen molar-refractivity contribution in [2.45, 2.75) is 32.7 Å². The minimum Gasteiger partial charge on any atom is -0.361 e. The highest BCUT2D eigenvalue weighted by Crippen LogP contribution is 2.30. The molecule has 0 saturated carbocycles. The Kier molecular flexibility index (Phi) is 3.78. The third-order valence-electron chi connectivity index (χ3n) is 4.29. The lowest BCUT2D eigenvalue weighted by Gasteiger charge is -2.35. The number of nitrogens with zero attached hydrogens (tertiary/aromatic N) is 1. The van der Waals surface area contributed by atoms with Gasteiger partial charge in [-0.05, 0) is 38.3 Å². The molecule has 1 aliphatic rings. The standard InChI is InChI=1S/C19H21NO/c1-14-10-11-18-17(13-14)9-6-12-20(18)15(2)19(21)16-7-4-3-5-8-16/h3-5,7-8,10-11,13,15H,6,9,12H2,1-2H3. The predicted molar refractivity (Wildman–Crippen MR) is 87.1 cm³/mol. The molecule has 0 spiro atoms. The fourth-order valence-electron chi connectivity index (χ4n) is 3.14. The Morgan fingerprint density at radius 3 is 2.67 bits per heavy atom. The van der Waals surface area contributed by atoms with Gasteiger partial charge in [0.15, 0.2) is 5.78 Å². The van der Waals surface area contributed by atoms with Crippen LogP contribution in [0.15, 0.2) is 48.5 Å². The van der Waals surface area contributed by atoms with E-state index in [0.29, 0.717) is 0 Å². The second-order valence-electron chi connectivity index (χ2n) is 5.84. The fourth-order valence-corrected chi connectivity index (χ4v) is 3.14. The highest BCUT2D eigenvalue weighted by atomic mass is 16.1. The molecule has 21 heavy (non-hydrogen) atoms. The van der Waals surface area contributed by atoms with Crippen LogP contribution in [-0.2, 0) is 6.42 Å². The molecule has 1 atom stereocenters. The van der Waals surface area contributed by atoms with E-state index in [9.17, 15) is 4.79 Å². The molecule has 0 aliphatic carbocycles. The molecule has 108 valence electrons. The molecule has 2 aromatic rings. The van der Waals surface area contributed by atoms with E-state index in [1.807, 2.05) is 37.3 Å². The number of aryl methyl sites for hydroxylation is 2. The Morgan fingerprint density at radius 2 is 1.90 bits per heavy atom. The summed E-state index contributed by atoms with van der Waals surface area (Å²) in [5, 5.41) is 0. The molecule has 0 N–H and O–H groups in total. The van der Waals surface area contributed by atoms with Crippen LogP contribution in [0.4, 0.5) is 5.69 Å². The average Bonchev–Trinajstić information content (AvgIpc) is 2.53. The lowest BCUT2D eigenvalue weighted by Crippen LogP contribution is -2.42. The van der Waals surface area contributed by atoms with Crippen molar-refractivity contribution in [1.82, 2.24) is 0 Å². The van der Waals surface area contributed by atoms with Crippen LogP contribution >= 0.6 is 0 Å². The molecule has 1 heterocycles. The Bertz CT molecular complexity index is 648. The molecule has 2 aromatic carbocycles. The van der Waals surface area contributed by atoms with Gasteiger partial charge in [-0.25, -0.2) is 0 Å². The SMILES string of the molecule is Cc1ccc2c(c1)CCCN2C(C)C(=O)c1ccccc1. The largest absolute Gasteiger partial charge is 0.361 e. The zero-order valence-corrected chi connectivity index (χ0v) is 12.7. The first kappa shape index (κ1) is 13.9. The molecule has 1 unspecified atom stereocenters. The maximum atomic E-state index is 12.7. The van der Waals surface area contributed by atoms with Crippen molar-refractivity contribution in [3.8, 4) is 0 Å². The highest BCUT2D eigenvalue weighted by molar-refractivity contribution is 6.01. The third kappa shape index (κ3) is 2.71. The van der Waals surface area contributed by atoms with Gasteiger partial charge in [-0.15, -0.1) is 0 Å². The quantitative estimate of drug-likeness (QED) is 0.791. The minimum absolute atomic E-state index is 0.117. The lowest BCUT2D eigenvalue weighted by molar-refractivity contribution is 0.0963. The van der Waals surface area contributed by atoms with Gasteiger partial charge in [-0.1, -0.05) is 48.0 Å². The van der Waals surface area contributed by atoms with Crippen LogP contribution in [-0.4, -0.2) is 18.4 Å². The van der Waals surface area contributed by atoms with E-state index in [0.717, 1.165) is 24.9 Å². The highest BCUT2D eigenvalue weighted by Gasteiger charge is 2.26. The molecule has 1 aliphatic heterocycles. The zero-order chi connectivity index (χ0) is 14.8. The molecular weight excluding hydrogens is 258 g/mol. The number of ketones is 1. The van der Waals surface area contributed by atoms with E-state index < -0.39 is 0 Å². The molecule has 0 radical (unpaired) electrons. The Morgan fingerprint density at radius 1 is 1.14 bits per heavy atom. The van der Waals surface area contributed by atoms with Crippen LogP contribution in [0.2, 0.25) is 0 Å². The van der Waals surface area contributed by atoms with E-state index in [1.54, 1.807) is 0 Å². The van der Waals surface area contributed by atoms with Crippen molar-refractivity contribution in [2.75, 3.05) is 11.4 Å². The van der Waals surface area contributed by atoms with Crippen molar-refractivity contribution in [3.05, 3.63) is 65.2 Å². The van der Waals surface area contributed by atoms with Gasteiger partial charge < -0.3 is 4.90 Å². The number of carbonyl (C=O) groups excluding carboxylic acids is 1. The molecular formula is C19H21NO. The number of hydrogen-bond donors (Lipinski definition) is 0. The maximum absolute atomic E-state index is 12.7. The first-order chi connectivity index (χ1) is 10.2. The number of benzene rings is 2. The third-order valence-corrected chi connectivity index (χ3v) is 4.29. The lowest BCUT2D eigenvalue weighted by atomic mass is 9.96. The predicted octanol–water partition coefficient (Wildman–Crippen LogP) is 4.02. The summed E-state index contributed by atoms with van der Waals surface area (Å²) < 4.78 is 0. The number of rotatable bonds is 3. The van der Waals surface area contributed by atoms with Gasteiger partial charge in [0, 0.05) is 17.8 Å². The van der Waals surface area contributed by atoms with Gasteiger partial charge in [0.1, 0.15) is 0 Å². The minimum atomic E-state index is -0.117. The maximum Gasteiger partial charge on any atom is 0.184 e. The summed E-state index contributed by atoms with van der Waals surface area (Å²) in [4.78, 5) is 14.9. The molecule has 2 heteroatoms. The van der Waals surface area contributed by atoms with Crippen molar-refractivity contribution >= 4 is 11.5 Å². The Balaban J connectivity index is 1.90. The topological polar surface area (TPSA) is 20.3 Å². The van der Waals surface area contributed by atoms with Crippen molar-refractivity contribution in [3.63, 3.8) is 0 Å². The molecule has 0 fully saturated rings. The summed E-state index contributed by atoms with van der Waals surface area (Å²) in [5.74, 6) is 0.198. The van der Waals surface area contributed by atoms with E-state index in [2.05, 4.69) is 30.0 Å². The molecule has 2 nitrogen and oxygen atoms in total. The van der Waals surface area contributed by atoms with Gasteiger partial charge in [0.05, 0.1) is 6.04 Å². The number of carbonyl (C=O) groups is 1. The number of anilines is 1. The van der Waals surface area contributed by atoms with Gasteiger partial charge in [-0.3, -0.25) is 4.79 Å². The van der Waals surface area contributed by atoms with Crippen LogP contribution in [0.3, 0.4) is 0 Å². The van der Waals surface area contributed by atoms with Crippen molar-refractivity contribution in [1.29, 1.82) is 0 Å². The Hall–Kier alpha value is -2.09. The van der Waals surface area contributed by atoms with Crippen LogP contribution < -0.4 is 4.90 Å². The van der Waals surface area contributed by atoms with Crippen LogP contribution in [0.25, 0.3) is 0 Å². The first-order valence-corrected chi connectivity index (χ1v) is 7.62. The number of hydrogen-bond acceptors (Lipinski definition) is 2. The summed E-state index contributed by atoms with van der Waals surface area (Å²) in [6.07, 6.45) is 2.22. The van der Waals surface area contributed by atoms with Crippen LogP contribution in [0.1, 0.15) is 34.8 Å². The molecule has 0 aromatic heterocycles. The summed E-state index contributed by atoms with van der Waals surface area (Å²) in [6, 6.07) is 16.0. The van der Waals surface area contributed by atoms with Gasteiger partial charge >= 0.3 is 0 Å². The smallest absolute Gasteiger partial charge is 0.184 e. The first-order valence-electron chi connectivity index (χ1n) is 7.62. The van der Waals surface area contributed by atoms with Crippen LogP contribution in [0.5, 0.6) is 0 Å². The normalized spacial score (nSPS) is 15.4. The zero-order valence-electron chi connectivity index (χ0n) is 12.7.